The second-order valence-electron chi connectivity index (χ2n) is 4.23. The molecule has 0 bridgehead atoms. The molecule has 1 aromatic heterocycles. The summed E-state index contributed by atoms with van der Waals surface area (Å²) in [6.07, 6.45) is 5.30. The topological polar surface area (TPSA) is 65.5 Å². The summed E-state index contributed by atoms with van der Waals surface area (Å²) in [4.78, 5) is 17.7. The van der Waals surface area contributed by atoms with Crippen LogP contribution >= 0.6 is 0 Å². The van der Waals surface area contributed by atoms with Crippen molar-refractivity contribution in [2.45, 2.75) is 18.9 Å². The van der Waals surface area contributed by atoms with Gasteiger partial charge in [-0.1, -0.05) is 0 Å². The van der Waals surface area contributed by atoms with Gasteiger partial charge in [0, 0.05) is 24.1 Å². The average Bonchev–Trinajstić information content (AvgIpc) is 2.77. The van der Waals surface area contributed by atoms with Crippen molar-refractivity contribution in [3.05, 3.63) is 24.5 Å². The van der Waals surface area contributed by atoms with E-state index in [0.29, 0.717) is 6.54 Å². The number of carbonyl (C=O) groups is 1. The Bertz CT molecular complexity index is 369. The van der Waals surface area contributed by atoms with Gasteiger partial charge < -0.3 is 10.4 Å². The third-order valence-corrected chi connectivity index (χ3v) is 3.02. The number of rotatable bonds is 4. The van der Waals surface area contributed by atoms with Crippen LogP contribution in [0, 0.1) is 0 Å². The molecule has 2 N–H and O–H groups in total. The van der Waals surface area contributed by atoms with Gasteiger partial charge in [0.25, 0.3) is 0 Å². The summed E-state index contributed by atoms with van der Waals surface area (Å²) in [7, 11) is 0. The summed E-state index contributed by atoms with van der Waals surface area (Å²) >= 11 is 0. The van der Waals surface area contributed by atoms with Crippen molar-refractivity contribution in [1.82, 2.24) is 9.88 Å². The maximum absolute atomic E-state index is 11.8. The van der Waals surface area contributed by atoms with Crippen LogP contribution in [0.4, 0.5) is 5.69 Å². The fourth-order valence-electron chi connectivity index (χ4n) is 2.13. The van der Waals surface area contributed by atoms with Gasteiger partial charge in [-0.3, -0.25) is 14.7 Å². The van der Waals surface area contributed by atoms with Crippen LogP contribution in [0.2, 0.25) is 0 Å². The fraction of sp³-hybridized carbons (Fsp3) is 0.500. The Hall–Kier alpha value is -1.46. The van der Waals surface area contributed by atoms with E-state index < -0.39 is 0 Å². The normalized spacial score (nSPS) is 20.4. The average molecular weight is 235 g/mol. The predicted octanol–water partition coefficient (Wildman–Crippen LogP) is 0.477. The van der Waals surface area contributed by atoms with E-state index in [2.05, 4.69) is 10.3 Å². The van der Waals surface area contributed by atoms with Gasteiger partial charge in [0.05, 0.1) is 13.2 Å². The van der Waals surface area contributed by atoms with Crippen LogP contribution < -0.4 is 5.32 Å². The SMILES string of the molecule is O=C(CN1CCC[C@@H]1CO)Nc1ccncc1. The van der Waals surface area contributed by atoms with Crippen LogP contribution in [0.15, 0.2) is 24.5 Å². The zero-order chi connectivity index (χ0) is 12.1. The summed E-state index contributed by atoms with van der Waals surface area (Å²) in [6.45, 7) is 1.35. The first kappa shape index (κ1) is 12.0. The van der Waals surface area contributed by atoms with E-state index in [9.17, 15) is 4.79 Å². The van der Waals surface area contributed by atoms with Crippen molar-refractivity contribution in [2.75, 3.05) is 25.0 Å². The Morgan fingerprint density at radius 1 is 1.53 bits per heavy atom. The van der Waals surface area contributed by atoms with Gasteiger partial charge in [0.15, 0.2) is 0 Å². The van der Waals surface area contributed by atoms with E-state index in [1.807, 2.05) is 4.90 Å². The molecular weight excluding hydrogens is 218 g/mol. The number of likely N-dealkylation sites (tertiary alicyclic amines) is 1. The Labute approximate surface area is 100 Å². The third-order valence-electron chi connectivity index (χ3n) is 3.02. The van der Waals surface area contributed by atoms with Gasteiger partial charge in [0.2, 0.25) is 5.91 Å². The minimum Gasteiger partial charge on any atom is -0.395 e. The highest BCUT2D eigenvalue weighted by molar-refractivity contribution is 5.92. The van der Waals surface area contributed by atoms with E-state index in [1.165, 1.54) is 0 Å². The quantitative estimate of drug-likeness (QED) is 0.796. The number of amides is 1. The lowest BCUT2D eigenvalue weighted by Gasteiger charge is -2.21. The number of hydrogen-bond acceptors (Lipinski definition) is 4. The van der Waals surface area contributed by atoms with Gasteiger partial charge in [-0.05, 0) is 31.5 Å². The number of aliphatic hydroxyl groups is 1. The number of nitrogens with one attached hydrogen (secondary N) is 1. The first-order chi connectivity index (χ1) is 8.29. The molecule has 0 aromatic carbocycles. The van der Waals surface area contributed by atoms with Gasteiger partial charge in [-0.2, -0.15) is 0 Å². The molecule has 2 rings (SSSR count). The highest BCUT2D eigenvalue weighted by Gasteiger charge is 2.25. The molecule has 1 atom stereocenters. The van der Waals surface area contributed by atoms with Crippen LogP contribution in [0.1, 0.15) is 12.8 Å². The minimum absolute atomic E-state index is 0.0449. The van der Waals surface area contributed by atoms with Crippen LogP contribution in [0.5, 0.6) is 0 Å². The van der Waals surface area contributed by atoms with Crippen molar-refractivity contribution in [3.8, 4) is 0 Å². The van der Waals surface area contributed by atoms with E-state index in [0.717, 1.165) is 25.1 Å². The Balaban J connectivity index is 1.85. The molecule has 5 heteroatoms. The molecule has 5 nitrogen and oxygen atoms in total. The number of carbonyl (C=O) groups excluding carboxylic acids is 1. The molecule has 1 fully saturated rings. The summed E-state index contributed by atoms with van der Waals surface area (Å²) in [5.74, 6) is -0.0449. The zero-order valence-corrected chi connectivity index (χ0v) is 9.67. The molecule has 17 heavy (non-hydrogen) atoms. The largest absolute Gasteiger partial charge is 0.395 e. The molecule has 0 spiro atoms. The molecule has 0 unspecified atom stereocenters. The summed E-state index contributed by atoms with van der Waals surface area (Å²) < 4.78 is 0. The fourth-order valence-corrected chi connectivity index (χ4v) is 2.13. The number of nitrogens with zero attached hydrogens (tertiary/aromatic N) is 2. The summed E-state index contributed by atoms with van der Waals surface area (Å²) in [5, 5.41) is 12.0. The van der Waals surface area contributed by atoms with E-state index in [1.54, 1.807) is 24.5 Å². The summed E-state index contributed by atoms with van der Waals surface area (Å²) in [6, 6.07) is 3.65. The van der Waals surface area contributed by atoms with E-state index in [4.69, 9.17) is 5.11 Å². The zero-order valence-electron chi connectivity index (χ0n) is 9.67. The molecule has 1 aliphatic rings. The Kier molecular flexibility index (Phi) is 4.06. The van der Waals surface area contributed by atoms with Crippen LogP contribution in [0.25, 0.3) is 0 Å². The highest BCUT2D eigenvalue weighted by Crippen LogP contribution is 2.16. The van der Waals surface area contributed by atoms with Crippen LogP contribution in [0.3, 0.4) is 0 Å². The van der Waals surface area contributed by atoms with Gasteiger partial charge in [-0.15, -0.1) is 0 Å². The maximum atomic E-state index is 11.8. The lowest BCUT2D eigenvalue weighted by molar-refractivity contribution is -0.117. The van der Waals surface area contributed by atoms with E-state index in [-0.39, 0.29) is 18.6 Å². The smallest absolute Gasteiger partial charge is 0.238 e. The lowest BCUT2D eigenvalue weighted by atomic mass is 10.2. The first-order valence-electron chi connectivity index (χ1n) is 5.84. The minimum atomic E-state index is -0.0449. The molecule has 1 aliphatic heterocycles. The molecule has 0 radical (unpaired) electrons. The highest BCUT2D eigenvalue weighted by atomic mass is 16.3. The van der Waals surface area contributed by atoms with Crippen molar-refractivity contribution < 1.29 is 9.90 Å². The molecule has 1 amide bonds. The van der Waals surface area contributed by atoms with E-state index >= 15 is 0 Å². The van der Waals surface area contributed by atoms with Crippen molar-refractivity contribution in [1.29, 1.82) is 0 Å². The monoisotopic (exact) mass is 235 g/mol. The van der Waals surface area contributed by atoms with Crippen molar-refractivity contribution in [3.63, 3.8) is 0 Å². The van der Waals surface area contributed by atoms with Gasteiger partial charge in [0.1, 0.15) is 0 Å². The van der Waals surface area contributed by atoms with Gasteiger partial charge >= 0.3 is 0 Å². The predicted molar refractivity (Wildman–Crippen MR) is 64.5 cm³/mol. The molecule has 1 saturated heterocycles. The van der Waals surface area contributed by atoms with Crippen LogP contribution in [-0.2, 0) is 4.79 Å². The number of aliphatic hydroxyl groups excluding tert-OH is 1. The number of hydrogen-bond donors (Lipinski definition) is 2. The lowest BCUT2D eigenvalue weighted by Crippen LogP contribution is -2.38. The van der Waals surface area contributed by atoms with Crippen molar-refractivity contribution >= 4 is 11.6 Å². The number of aromatic nitrogens is 1. The molecule has 2 heterocycles. The van der Waals surface area contributed by atoms with Crippen LogP contribution in [-0.4, -0.2) is 46.6 Å². The standard InChI is InChI=1S/C12H17N3O2/c16-9-11-2-1-7-15(11)8-12(17)14-10-3-5-13-6-4-10/h3-6,11,16H,1-2,7-9H2,(H,13,14,17)/t11-/m1/s1. The second-order valence-corrected chi connectivity index (χ2v) is 4.23. The Morgan fingerprint density at radius 2 is 2.29 bits per heavy atom. The number of anilines is 1. The molecule has 1 aromatic rings. The number of pyridine rings is 1. The second kappa shape index (κ2) is 5.75. The molecule has 92 valence electrons. The Morgan fingerprint density at radius 3 is 3.00 bits per heavy atom. The maximum Gasteiger partial charge on any atom is 0.238 e. The van der Waals surface area contributed by atoms with Gasteiger partial charge in [-0.25, -0.2) is 0 Å². The molecular formula is C12H17N3O2. The molecule has 0 saturated carbocycles. The first-order valence-corrected chi connectivity index (χ1v) is 5.84. The summed E-state index contributed by atoms with van der Waals surface area (Å²) in [5.41, 5.74) is 0.754. The third kappa shape index (κ3) is 3.25. The molecule has 0 aliphatic carbocycles. The van der Waals surface area contributed by atoms with Crippen molar-refractivity contribution in [2.24, 2.45) is 0 Å².